The van der Waals surface area contributed by atoms with Gasteiger partial charge in [-0.15, -0.1) is 24.0 Å². The Kier molecular flexibility index (Phi) is 11.1. The van der Waals surface area contributed by atoms with Gasteiger partial charge in [-0.05, 0) is 50.7 Å². The zero-order valence-electron chi connectivity index (χ0n) is 17.3. The molecule has 1 fully saturated rings. The molecule has 0 heterocycles. The lowest BCUT2D eigenvalue weighted by atomic mass is 9.67. The summed E-state index contributed by atoms with van der Waals surface area (Å²) in [4.78, 5) is 7.18. The van der Waals surface area contributed by atoms with E-state index in [1.54, 1.807) is 7.11 Å². The van der Waals surface area contributed by atoms with Gasteiger partial charge in [-0.2, -0.15) is 0 Å². The minimum Gasteiger partial charge on any atom is -0.385 e. The maximum Gasteiger partial charge on any atom is 0.191 e. The highest BCUT2D eigenvalue weighted by atomic mass is 127. The van der Waals surface area contributed by atoms with Crippen LogP contribution in [-0.4, -0.2) is 52.4 Å². The minimum atomic E-state index is 0. The molecule has 1 aliphatic rings. The SMILES string of the molecule is CCNC(=NCC1(CCOC)CCC1)NCC(C)N(C)c1ccccc1.I. The summed E-state index contributed by atoms with van der Waals surface area (Å²) in [6.07, 6.45) is 4.97. The average Bonchev–Trinajstić information content (AvgIpc) is 2.64. The van der Waals surface area contributed by atoms with E-state index in [-0.39, 0.29) is 24.0 Å². The number of likely N-dealkylation sites (N-methyl/N-ethyl adjacent to an activating group) is 1. The van der Waals surface area contributed by atoms with Gasteiger partial charge in [0.15, 0.2) is 5.96 Å². The first-order chi connectivity index (χ1) is 12.6. The molecule has 0 saturated heterocycles. The predicted molar refractivity (Wildman–Crippen MR) is 126 cm³/mol. The number of guanidine groups is 1. The number of anilines is 1. The highest BCUT2D eigenvalue weighted by Crippen LogP contribution is 2.44. The van der Waals surface area contributed by atoms with Gasteiger partial charge in [0, 0.05) is 52.1 Å². The molecule has 1 aromatic carbocycles. The number of halogens is 1. The average molecular weight is 488 g/mol. The van der Waals surface area contributed by atoms with E-state index in [2.05, 4.69) is 66.8 Å². The third kappa shape index (κ3) is 7.49. The lowest BCUT2D eigenvalue weighted by molar-refractivity contribution is 0.0778. The molecule has 27 heavy (non-hydrogen) atoms. The number of nitrogens with one attached hydrogen (secondary N) is 2. The van der Waals surface area contributed by atoms with Gasteiger partial charge in [0.25, 0.3) is 0 Å². The number of rotatable bonds is 10. The van der Waals surface area contributed by atoms with E-state index in [0.717, 1.165) is 38.6 Å². The van der Waals surface area contributed by atoms with E-state index in [1.165, 1.54) is 24.9 Å². The second-order valence-corrected chi connectivity index (χ2v) is 7.47. The first-order valence-electron chi connectivity index (χ1n) is 9.89. The maximum atomic E-state index is 5.29. The van der Waals surface area contributed by atoms with Crippen LogP contribution in [0, 0.1) is 5.41 Å². The summed E-state index contributed by atoms with van der Waals surface area (Å²) in [5.41, 5.74) is 1.59. The number of hydrogen-bond acceptors (Lipinski definition) is 3. The fourth-order valence-corrected chi connectivity index (χ4v) is 3.37. The third-order valence-corrected chi connectivity index (χ3v) is 5.56. The zero-order chi connectivity index (χ0) is 18.8. The van der Waals surface area contributed by atoms with Crippen LogP contribution in [0.5, 0.6) is 0 Å². The monoisotopic (exact) mass is 488 g/mol. The Morgan fingerprint density at radius 3 is 2.52 bits per heavy atom. The highest BCUT2D eigenvalue weighted by Gasteiger charge is 2.36. The molecule has 2 rings (SSSR count). The van der Waals surface area contributed by atoms with Crippen LogP contribution < -0.4 is 15.5 Å². The number of hydrogen-bond donors (Lipinski definition) is 2. The Labute approximate surface area is 182 Å². The molecule has 6 heteroatoms. The summed E-state index contributed by atoms with van der Waals surface area (Å²) in [7, 11) is 3.92. The Balaban J connectivity index is 0.00000364. The lowest BCUT2D eigenvalue weighted by Crippen LogP contribution is -2.45. The van der Waals surface area contributed by atoms with E-state index in [0.29, 0.717) is 11.5 Å². The number of methoxy groups -OCH3 is 1. The molecule has 1 aromatic rings. The van der Waals surface area contributed by atoms with Gasteiger partial charge >= 0.3 is 0 Å². The first-order valence-corrected chi connectivity index (χ1v) is 9.89. The Morgan fingerprint density at radius 2 is 1.96 bits per heavy atom. The van der Waals surface area contributed by atoms with Crippen LogP contribution in [0.3, 0.4) is 0 Å². The maximum absolute atomic E-state index is 5.29. The molecule has 0 bridgehead atoms. The van der Waals surface area contributed by atoms with Crippen molar-refractivity contribution in [1.29, 1.82) is 0 Å². The van der Waals surface area contributed by atoms with Crippen molar-refractivity contribution in [2.45, 2.75) is 45.6 Å². The van der Waals surface area contributed by atoms with Crippen LogP contribution in [0.1, 0.15) is 39.5 Å². The third-order valence-electron chi connectivity index (χ3n) is 5.56. The van der Waals surface area contributed by atoms with Crippen molar-refractivity contribution >= 4 is 35.6 Å². The van der Waals surface area contributed by atoms with E-state index in [9.17, 15) is 0 Å². The van der Waals surface area contributed by atoms with E-state index >= 15 is 0 Å². The molecule has 1 saturated carbocycles. The molecule has 0 radical (unpaired) electrons. The molecule has 154 valence electrons. The second-order valence-electron chi connectivity index (χ2n) is 7.47. The first kappa shape index (κ1) is 24.0. The summed E-state index contributed by atoms with van der Waals surface area (Å²) >= 11 is 0. The van der Waals surface area contributed by atoms with Crippen molar-refractivity contribution in [3.05, 3.63) is 30.3 Å². The van der Waals surface area contributed by atoms with Crippen molar-refractivity contribution in [2.75, 3.05) is 45.3 Å². The predicted octanol–water partition coefficient (Wildman–Crippen LogP) is 3.89. The number of benzene rings is 1. The van der Waals surface area contributed by atoms with Gasteiger partial charge in [-0.1, -0.05) is 24.6 Å². The molecule has 2 N–H and O–H groups in total. The summed E-state index contributed by atoms with van der Waals surface area (Å²) in [5, 5.41) is 6.90. The fraction of sp³-hybridized carbons (Fsp3) is 0.667. The van der Waals surface area contributed by atoms with Crippen LogP contribution in [-0.2, 0) is 4.74 Å². The number of para-hydroxylation sites is 1. The van der Waals surface area contributed by atoms with Gasteiger partial charge in [0.1, 0.15) is 0 Å². The second kappa shape index (κ2) is 12.4. The molecule has 0 spiro atoms. The van der Waals surface area contributed by atoms with Crippen LogP contribution in [0.4, 0.5) is 5.69 Å². The van der Waals surface area contributed by atoms with E-state index in [1.807, 2.05) is 0 Å². The Bertz CT molecular complexity index is 548. The Hall–Kier alpha value is -1.02. The summed E-state index contributed by atoms with van der Waals surface area (Å²) in [6, 6.07) is 10.9. The quantitative estimate of drug-likeness (QED) is 0.298. The van der Waals surface area contributed by atoms with Crippen LogP contribution in [0.2, 0.25) is 0 Å². The lowest BCUT2D eigenvalue weighted by Gasteiger charge is -2.40. The number of nitrogens with zero attached hydrogens (tertiary/aromatic N) is 2. The van der Waals surface area contributed by atoms with Gasteiger partial charge in [0.05, 0.1) is 0 Å². The molecular weight excluding hydrogens is 451 g/mol. The normalized spacial score (nSPS) is 16.7. The van der Waals surface area contributed by atoms with Crippen molar-refractivity contribution in [3.8, 4) is 0 Å². The topological polar surface area (TPSA) is 48.9 Å². The molecule has 0 aliphatic heterocycles. The summed E-state index contributed by atoms with van der Waals surface area (Å²) in [6.45, 7) is 7.78. The molecule has 0 amide bonds. The number of aliphatic imine (C=N–C) groups is 1. The molecule has 1 aliphatic carbocycles. The van der Waals surface area contributed by atoms with Crippen LogP contribution in [0.15, 0.2) is 35.3 Å². The summed E-state index contributed by atoms with van der Waals surface area (Å²) in [5.74, 6) is 0.921. The van der Waals surface area contributed by atoms with Crippen molar-refractivity contribution in [1.82, 2.24) is 10.6 Å². The van der Waals surface area contributed by atoms with E-state index < -0.39 is 0 Å². The molecule has 5 nitrogen and oxygen atoms in total. The van der Waals surface area contributed by atoms with Crippen LogP contribution >= 0.6 is 24.0 Å². The minimum absolute atomic E-state index is 0. The Morgan fingerprint density at radius 1 is 1.26 bits per heavy atom. The fourth-order valence-electron chi connectivity index (χ4n) is 3.37. The van der Waals surface area contributed by atoms with Crippen molar-refractivity contribution < 1.29 is 4.74 Å². The zero-order valence-corrected chi connectivity index (χ0v) is 19.7. The standard InChI is InChI=1S/C21H36N4O.HI/c1-5-22-20(24-17-21(12-9-13-21)14-15-26-4)23-16-18(2)25(3)19-10-7-6-8-11-19;/h6-8,10-11,18H,5,9,12-17H2,1-4H3,(H2,22,23,24);1H. The van der Waals surface area contributed by atoms with Gasteiger partial charge in [-0.3, -0.25) is 4.99 Å². The smallest absolute Gasteiger partial charge is 0.191 e. The largest absolute Gasteiger partial charge is 0.385 e. The highest BCUT2D eigenvalue weighted by molar-refractivity contribution is 14.0. The van der Waals surface area contributed by atoms with Gasteiger partial charge in [-0.25, -0.2) is 0 Å². The van der Waals surface area contributed by atoms with Crippen molar-refractivity contribution in [3.63, 3.8) is 0 Å². The summed E-state index contributed by atoms with van der Waals surface area (Å²) < 4.78 is 5.29. The molecular formula is C21H37IN4O. The van der Waals surface area contributed by atoms with Gasteiger partial charge in [0.2, 0.25) is 0 Å². The van der Waals surface area contributed by atoms with E-state index in [4.69, 9.17) is 9.73 Å². The van der Waals surface area contributed by atoms with Gasteiger partial charge < -0.3 is 20.3 Å². The number of ether oxygens (including phenoxy) is 1. The molecule has 1 atom stereocenters. The molecule has 0 aromatic heterocycles. The molecule has 1 unspecified atom stereocenters. The van der Waals surface area contributed by atoms with Crippen LogP contribution in [0.25, 0.3) is 0 Å². The van der Waals surface area contributed by atoms with Crippen molar-refractivity contribution in [2.24, 2.45) is 10.4 Å².